The molecule has 1 aliphatic heterocycles. The van der Waals surface area contributed by atoms with E-state index in [2.05, 4.69) is 10.3 Å². The Bertz CT molecular complexity index is 292. The fourth-order valence-electron chi connectivity index (χ4n) is 1.46. The topological polar surface area (TPSA) is 91.3 Å². The number of nitrogens with one attached hydrogen (secondary N) is 1. The highest BCUT2D eigenvalue weighted by Crippen LogP contribution is 2.18. The standard InChI is InChI=1S/C9H14N4O/c1-6-5-7(11)13-8(6)9(14)12-4-2-3-10/h6,8H,2,4-5H2,1H3,(H2,11,13)(H,12,14)/t6-,8+/m1/s1. The van der Waals surface area contributed by atoms with Crippen molar-refractivity contribution in [2.24, 2.45) is 16.6 Å². The number of hydrogen-bond donors (Lipinski definition) is 2. The lowest BCUT2D eigenvalue weighted by molar-refractivity contribution is -0.122. The molecule has 5 heteroatoms. The van der Waals surface area contributed by atoms with Crippen LogP contribution in [0.4, 0.5) is 0 Å². The van der Waals surface area contributed by atoms with E-state index in [9.17, 15) is 4.79 Å². The van der Waals surface area contributed by atoms with Gasteiger partial charge in [-0.15, -0.1) is 0 Å². The lowest BCUT2D eigenvalue weighted by atomic mass is 10.0. The first kappa shape index (κ1) is 10.5. The monoisotopic (exact) mass is 194 g/mol. The van der Waals surface area contributed by atoms with Crippen molar-refractivity contribution in [1.29, 1.82) is 5.26 Å². The summed E-state index contributed by atoms with van der Waals surface area (Å²) >= 11 is 0. The number of carbonyl (C=O) groups excluding carboxylic acids is 1. The summed E-state index contributed by atoms with van der Waals surface area (Å²) in [6.45, 7) is 2.33. The zero-order valence-electron chi connectivity index (χ0n) is 8.16. The Hall–Kier alpha value is -1.57. The van der Waals surface area contributed by atoms with Crippen LogP contribution in [0.2, 0.25) is 0 Å². The molecule has 0 fully saturated rings. The van der Waals surface area contributed by atoms with Gasteiger partial charge in [0.2, 0.25) is 5.91 Å². The molecule has 1 rings (SSSR count). The maximum atomic E-state index is 11.5. The molecular formula is C9H14N4O. The molecule has 0 aromatic carbocycles. The number of carbonyl (C=O) groups is 1. The second-order valence-corrected chi connectivity index (χ2v) is 3.45. The van der Waals surface area contributed by atoms with Crippen molar-refractivity contribution in [3.05, 3.63) is 0 Å². The van der Waals surface area contributed by atoms with Gasteiger partial charge < -0.3 is 11.1 Å². The molecule has 0 saturated heterocycles. The molecule has 2 atom stereocenters. The largest absolute Gasteiger partial charge is 0.387 e. The Morgan fingerprint density at radius 2 is 2.57 bits per heavy atom. The third-order valence-electron chi connectivity index (χ3n) is 2.18. The molecule has 5 nitrogen and oxygen atoms in total. The summed E-state index contributed by atoms with van der Waals surface area (Å²) in [6.07, 6.45) is 1.00. The first-order chi connectivity index (χ1) is 6.65. The van der Waals surface area contributed by atoms with Gasteiger partial charge >= 0.3 is 0 Å². The van der Waals surface area contributed by atoms with E-state index < -0.39 is 0 Å². The number of amides is 1. The van der Waals surface area contributed by atoms with Crippen LogP contribution in [0.5, 0.6) is 0 Å². The first-order valence-corrected chi connectivity index (χ1v) is 4.62. The highest BCUT2D eigenvalue weighted by Gasteiger charge is 2.29. The molecule has 0 aromatic heterocycles. The van der Waals surface area contributed by atoms with Gasteiger partial charge in [-0.25, -0.2) is 0 Å². The molecular weight excluding hydrogens is 180 g/mol. The lowest BCUT2D eigenvalue weighted by Gasteiger charge is -2.11. The maximum Gasteiger partial charge on any atom is 0.245 e. The molecule has 14 heavy (non-hydrogen) atoms. The predicted molar refractivity (Wildman–Crippen MR) is 52.4 cm³/mol. The SMILES string of the molecule is C[C@@H]1CC(N)=N[C@@H]1C(=O)NCCC#N. The van der Waals surface area contributed by atoms with Gasteiger partial charge in [0.25, 0.3) is 0 Å². The number of nitriles is 1. The summed E-state index contributed by atoms with van der Waals surface area (Å²) in [5.41, 5.74) is 5.53. The van der Waals surface area contributed by atoms with Crippen LogP contribution in [-0.2, 0) is 4.79 Å². The van der Waals surface area contributed by atoms with E-state index in [1.807, 2.05) is 13.0 Å². The predicted octanol–water partition coefficient (Wildman–Crippen LogP) is -0.218. The van der Waals surface area contributed by atoms with Crippen LogP contribution in [-0.4, -0.2) is 24.3 Å². The minimum atomic E-state index is -0.367. The molecule has 0 bridgehead atoms. The molecule has 0 spiro atoms. The first-order valence-electron chi connectivity index (χ1n) is 4.62. The molecule has 0 aliphatic carbocycles. The van der Waals surface area contributed by atoms with Gasteiger partial charge in [0, 0.05) is 13.0 Å². The second-order valence-electron chi connectivity index (χ2n) is 3.45. The van der Waals surface area contributed by atoms with Crippen molar-refractivity contribution < 1.29 is 4.79 Å². The van der Waals surface area contributed by atoms with Crippen LogP contribution in [0.15, 0.2) is 4.99 Å². The molecule has 0 unspecified atom stereocenters. The van der Waals surface area contributed by atoms with Gasteiger partial charge in [0.1, 0.15) is 6.04 Å². The molecule has 3 N–H and O–H groups in total. The summed E-state index contributed by atoms with van der Waals surface area (Å²) < 4.78 is 0. The Morgan fingerprint density at radius 1 is 1.86 bits per heavy atom. The number of rotatable bonds is 3. The highest BCUT2D eigenvalue weighted by atomic mass is 16.2. The van der Waals surface area contributed by atoms with Gasteiger partial charge in [0.05, 0.1) is 18.3 Å². The van der Waals surface area contributed by atoms with Crippen molar-refractivity contribution in [3.8, 4) is 6.07 Å². The average Bonchev–Trinajstić information content (AvgIpc) is 2.45. The Kier molecular flexibility index (Phi) is 3.46. The minimum Gasteiger partial charge on any atom is -0.387 e. The summed E-state index contributed by atoms with van der Waals surface area (Å²) in [7, 11) is 0. The van der Waals surface area contributed by atoms with Gasteiger partial charge in [-0.2, -0.15) is 5.26 Å². The smallest absolute Gasteiger partial charge is 0.245 e. The molecule has 0 aromatic rings. The van der Waals surface area contributed by atoms with Crippen molar-refractivity contribution in [2.45, 2.75) is 25.8 Å². The lowest BCUT2D eigenvalue weighted by Crippen LogP contribution is -2.36. The number of hydrogen-bond acceptors (Lipinski definition) is 4. The zero-order chi connectivity index (χ0) is 10.6. The third-order valence-corrected chi connectivity index (χ3v) is 2.18. The molecule has 1 amide bonds. The van der Waals surface area contributed by atoms with Crippen LogP contribution in [0.3, 0.4) is 0 Å². The molecule has 1 heterocycles. The number of aliphatic imine (C=N–C) groups is 1. The summed E-state index contributed by atoms with van der Waals surface area (Å²) in [5, 5.41) is 10.9. The number of nitrogens with two attached hydrogens (primary N) is 1. The van der Waals surface area contributed by atoms with E-state index >= 15 is 0 Å². The van der Waals surface area contributed by atoms with E-state index in [1.54, 1.807) is 0 Å². The average molecular weight is 194 g/mol. The fourth-order valence-corrected chi connectivity index (χ4v) is 1.46. The molecule has 1 aliphatic rings. The molecule has 76 valence electrons. The van der Waals surface area contributed by atoms with Gasteiger partial charge in [0.15, 0.2) is 0 Å². The Labute approximate surface area is 83.0 Å². The van der Waals surface area contributed by atoms with E-state index in [0.29, 0.717) is 25.2 Å². The fraction of sp³-hybridized carbons (Fsp3) is 0.667. The second kappa shape index (κ2) is 4.61. The number of nitrogens with zero attached hydrogens (tertiary/aromatic N) is 2. The van der Waals surface area contributed by atoms with Crippen molar-refractivity contribution in [3.63, 3.8) is 0 Å². The van der Waals surface area contributed by atoms with Crippen LogP contribution in [0.25, 0.3) is 0 Å². The van der Waals surface area contributed by atoms with Crippen molar-refractivity contribution >= 4 is 11.7 Å². The van der Waals surface area contributed by atoms with Gasteiger partial charge in [-0.1, -0.05) is 6.92 Å². The van der Waals surface area contributed by atoms with E-state index in [-0.39, 0.29) is 17.9 Å². The quantitative estimate of drug-likeness (QED) is 0.608. The van der Waals surface area contributed by atoms with Crippen LogP contribution in [0.1, 0.15) is 19.8 Å². The van der Waals surface area contributed by atoms with Crippen LogP contribution in [0, 0.1) is 17.2 Å². The Morgan fingerprint density at radius 3 is 3.07 bits per heavy atom. The van der Waals surface area contributed by atoms with Crippen LogP contribution >= 0.6 is 0 Å². The van der Waals surface area contributed by atoms with Crippen LogP contribution < -0.4 is 11.1 Å². The normalized spacial score (nSPS) is 25.3. The molecule has 0 saturated carbocycles. The van der Waals surface area contributed by atoms with E-state index in [4.69, 9.17) is 11.0 Å². The zero-order valence-corrected chi connectivity index (χ0v) is 8.16. The minimum absolute atomic E-state index is 0.131. The van der Waals surface area contributed by atoms with Gasteiger partial charge in [-0.3, -0.25) is 9.79 Å². The van der Waals surface area contributed by atoms with E-state index in [1.165, 1.54) is 0 Å². The third kappa shape index (κ3) is 2.46. The summed E-state index contributed by atoms with van der Waals surface area (Å²) in [5.74, 6) is 0.572. The van der Waals surface area contributed by atoms with Gasteiger partial charge in [-0.05, 0) is 5.92 Å². The van der Waals surface area contributed by atoms with E-state index in [0.717, 1.165) is 0 Å². The summed E-state index contributed by atoms with van der Waals surface area (Å²) in [4.78, 5) is 15.5. The Balaban J connectivity index is 2.41. The summed E-state index contributed by atoms with van der Waals surface area (Å²) in [6, 6.07) is 1.59. The highest BCUT2D eigenvalue weighted by molar-refractivity contribution is 5.91. The van der Waals surface area contributed by atoms with Crippen molar-refractivity contribution in [1.82, 2.24) is 5.32 Å². The maximum absolute atomic E-state index is 11.5. The number of amidine groups is 1. The molecule has 0 radical (unpaired) electrons. The van der Waals surface area contributed by atoms with Crippen molar-refractivity contribution in [2.75, 3.05) is 6.54 Å².